The predicted octanol–water partition coefficient (Wildman–Crippen LogP) is 2.00. The summed E-state index contributed by atoms with van der Waals surface area (Å²) in [5.41, 5.74) is 0.860. The van der Waals surface area contributed by atoms with Crippen molar-refractivity contribution in [1.29, 1.82) is 0 Å². The first-order valence-electron chi connectivity index (χ1n) is 4.55. The lowest BCUT2D eigenvalue weighted by Crippen LogP contribution is -1.92. The van der Waals surface area contributed by atoms with Crippen molar-refractivity contribution in [3.8, 4) is 22.9 Å². The van der Waals surface area contributed by atoms with Crippen LogP contribution in [0.4, 0.5) is 4.39 Å². The number of benzene rings is 1. The van der Waals surface area contributed by atoms with Crippen LogP contribution in [-0.4, -0.2) is 22.2 Å². The number of hydrogen-bond donors (Lipinski definition) is 1. The minimum absolute atomic E-state index is 0.115. The molecule has 82 valence electrons. The van der Waals surface area contributed by atoms with Gasteiger partial charge in [-0.05, 0) is 12.1 Å². The molecule has 1 aromatic heterocycles. The number of rotatable bonds is 2. The smallest absolute Gasteiger partial charge is 0.316 e. The van der Waals surface area contributed by atoms with E-state index < -0.39 is 5.82 Å². The predicted molar refractivity (Wildman–Crippen MR) is 55.6 cm³/mol. The fourth-order valence-corrected chi connectivity index (χ4v) is 1.30. The number of aromatic nitrogens is 2. The summed E-state index contributed by atoms with van der Waals surface area (Å²) in [6.07, 6.45) is 2.92. The van der Waals surface area contributed by atoms with E-state index in [1.807, 2.05) is 0 Å². The van der Waals surface area contributed by atoms with Gasteiger partial charge in [-0.15, -0.1) is 0 Å². The number of ether oxygens (including phenoxy) is 1. The Morgan fingerprint density at radius 1 is 1.25 bits per heavy atom. The van der Waals surface area contributed by atoms with E-state index in [-0.39, 0.29) is 11.8 Å². The summed E-state index contributed by atoms with van der Waals surface area (Å²) in [5, 5.41) is 9.08. The Morgan fingerprint density at radius 3 is 2.50 bits per heavy atom. The van der Waals surface area contributed by atoms with Gasteiger partial charge >= 0.3 is 6.01 Å². The molecule has 1 N–H and O–H groups in total. The lowest BCUT2D eigenvalue weighted by atomic mass is 10.1. The second kappa shape index (κ2) is 4.14. The Kier molecular flexibility index (Phi) is 2.68. The van der Waals surface area contributed by atoms with Gasteiger partial charge in [-0.2, -0.15) is 0 Å². The van der Waals surface area contributed by atoms with Gasteiger partial charge in [-0.25, -0.2) is 14.4 Å². The molecule has 0 aliphatic carbocycles. The third-order valence-corrected chi connectivity index (χ3v) is 2.07. The van der Waals surface area contributed by atoms with Crippen molar-refractivity contribution < 1.29 is 14.2 Å². The highest BCUT2D eigenvalue weighted by Crippen LogP contribution is 2.24. The van der Waals surface area contributed by atoms with Gasteiger partial charge in [0, 0.05) is 29.6 Å². The Morgan fingerprint density at radius 2 is 1.94 bits per heavy atom. The minimum Gasteiger partial charge on any atom is -0.508 e. The Bertz CT molecular complexity index is 500. The number of nitrogens with zero attached hydrogens (tertiary/aromatic N) is 2. The summed E-state index contributed by atoms with van der Waals surface area (Å²) < 4.78 is 18.3. The number of halogens is 1. The van der Waals surface area contributed by atoms with Gasteiger partial charge in [0.15, 0.2) is 0 Å². The number of phenols is 1. The maximum absolute atomic E-state index is 13.5. The van der Waals surface area contributed by atoms with E-state index in [1.165, 1.54) is 31.6 Å². The third kappa shape index (κ3) is 1.93. The maximum Gasteiger partial charge on any atom is 0.316 e. The normalized spacial score (nSPS) is 10.1. The topological polar surface area (TPSA) is 55.2 Å². The van der Waals surface area contributed by atoms with Gasteiger partial charge in [0.25, 0.3) is 0 Å². The summed E-state index contributed by atoms with van der Waals surface area (Å²) >= 11 is 0. The highest BCUT2D eigenvalue weighted by atomic mass is 19.1. The lowest BCUT2D eigenvalue weighted by Gasteiger charge is -2.03. The zero-order valence-electron chi connectivity index (χ0n) is 8.51. The molecule has 0 spiro atoms. The van der Waals surface area contributed by atoms with Gasteiger partial charge in [0.1, 0.15) is 11.6 Å². The van der Waals surface area contributed by atoms with Gasteiger partial charge in [0.2, 0.25) is 0 Å². The van der Waals surface area contributed by atoms with E-state index in [0.29, 0.717) is 11.1 Å². The van der Waals surface area contributed by atoms with Crippen molar-refractivity contribution in [2.45, 2.75) is 0 Å². The van der Waals surface area contributed by atoms with Crippen LogP contribution in [0.5, 0.6) is 11.8 Å². The second-order valence-electron chi connectivity index (χ2n) is 3.12. The van der Waals surface area contributed by atoms with Crippen LogP contribution in [0.1, 0.15) is 0 Å². The molecule has 0 saturated carbocycles. The second-order valence-corrected chi connectivity index (χ2v) is 3.12. The third-order valence-electron chi connectivity index (χ3n) is 2.07. The summed E-state index contributed by atoms with van der Waals surface area (Å²) in [7, 11) is 1.45. The van der Waals surface area contributed by atoms with Crippen LogP contribution in [-0.2, 0) is 0 Å². The average molecular weight is 220 g/mol. The van der Waals surface area contributed by atoms with Gasteiger partial charge in [0.05, 0.1) is 7.11 Å². The Hall–Kier alpha value is -2.17. The Labute approximate surface area is 91.4 Å². The largest absolute Gasteiger partial charge is 0.508 e. The maximum atomic E-state index is 13.5. The molecule has 1 heterocycles. The highest BCUT2D eigenvalue weighted by molar-refractivity contribution is 5.63. The molecule has 0 bridgehead atoms. The highest BCUT2D eigenvalue weighted by Gasteiger charge is 2.07. The molecule has 0 fully saturated rings. The molecule has 0 unspecified atom stereocenters. The molecule has 0 saturated heterocycles. The molecule has 5 heteroatoms. The number of hydrogen-bond acceptors (Lipinski definition) is 4. The quantitative estimate of drug-likeness (QED) is 0.840. The molecular weight excluding hydrogens is 211 g/mol. The molecule has 0 atom stereocenters. The van der Waals surface area contributed by atoms with E-state index in [9.17, 15) is 4.39 Å². The first kappa shape index (κ1) is 10.4. The van der Waals surface area contributed by atoms with E-state index in [2.05, 4.69) is 9.97 Å². The molecule has 0 aliphatic heterocycles. The molecule has 2 rings (SSSR count). The Balaban J connectivity index is 2.42. The van der Waals surface area contributed by atoms with Crippen LogP contribution >= 0.6 is 0 Å². The summed E-state index contributed by atoms with van der Waals surface area (Å²) in [4.78, 5) is 7.75. The first-order chi connectivity index (χ1) is 7.70. The molecule has 0 radical (unpaired) electrons. The van der Waals surface area contributed by atoms with Crippen LogP contribution in [0.25, 0.3) is 11.1 Å². The van der Waals surface area contributed by atoms with Crippen molar-refractivity contribution in [2.24, 2.45) is 0 Å². The average Bonchev–Trinajstić information content (AvgIpc) is 2.29. The van der Waals surface area contributed by atoms with Gasteiger partial charge < -0.3 is 9.84 Å². The van der Waals surface area contributed by atoms with Crippen LogP contribution < -0.4 is 4.74 Å². The van der Waals surface area contributed by atoms with Gasteiger partial charge in [-0.3, -0.25) is 0 Å². The zero-order valence-corrected chi connectivity index (χ0v) is 8.51. The van der Waals surface area contributed by atoms with E-state index >= 15 is 0 Å². The van der Waals surface area contributed by atoms with Crippen molar-refractivity contribution >= 4 is 0 Å². The SMILES string of the molecule is COc1ncc(-c2ccc(O)cc2F)cn1. The first-order valence-corrected chi connectivity index (χ1v) is 4.55. The fourth-order valence-electron chi connectivity index (χ4n) is 1.30. The monoisotopic (exact) mass is 220 g/mol. The van der Waals surface area contributed by atoms with Crippen molar-refractivity contribution in [1.82, 2.24) is 9.97 Å². The lowest BCUT2D eigenvalue weighted by molar-refractivity contribution is 0.380. The van der Waals surface area contributed by atoms with Crippen molar-refractivity contribution in [2.75, 3.05) is 7.11 Å². The molecule has 4 nitrogen and oxygen atoms in total. The molecule has 0 aliphatic rings. The number of phenolic OH excluding ortho intramolecular Hbond substituents is 1. The molecule has 2 aromatic rings. The van der Waals surface area contributed by atoms with Crippen LogP contribution in [0, 0.1) is 5.82 Å². The number of methoxy groups -OCH3 is 1. The van der Waals surface area contributed by atoms with E-state index in [1.54, 1.807) is 0 Å². The molecule has 1 aromatic carbocycles. The van der Waals surface area contributed by atoms with Crippen LogP contribution in [0.15, 0.2) is 30.6 Å². The van der Waals surface area contributed by atoms with E-state index in [0.717, 1.165) is 6.07 Å². The zero-order chi connectivity index (χ0) is 11.5. The van der Waals surface area contributed by atoms with Crippen LogP contribution in [0.3, 0.4) is 0 Å². The van der Waals surface area contributed by atoms with E-state index in [4.69, 9.17) is 9.84 Å². The summed E-state index contributed by atoms with van der Waals surface area (Å²) in [5.74, 6) is -0.635. The van der Waals surface area contributed by atoms with Crippen molar-refractivity contribution in [3.63, 3.8) is 0 Å². The summed E-state index contributed by atoms with van der Waals surface area (Å²) in [6, 6.07) is 4.14. The number of aromatic hydroxyl groups is 1. The van der Waals surface area contributed by atoms with Crippen LogP contribution in [0.2, 0.25) is 0 Å². The molecule has 16 heavy (non-hydrogen) atoms. The summed E-state index contributed by atoms with van der Waals surface area (Å²) in [6.45, 7) is 0. The fraction of sp³-hybridized carbons (Fsp3) is 0.0909. The minimum atomic E-state index is -0.520. The molecular formula is C11H9FN2O2. The standard InChI is InChI=1S/C11H9FN2O2/c1-16-11-13-5-7(6-14-11)9-3-2-8(15)4-10(9)12/h2-6,15H,1H3. The molecule has 0 amide bonds. The van der Waals surface area contributed by atoms with Crippen molar-refractivity contribution in [3.05, 3.63) is 36.4 Å². The van der Waals surface area contributed by atoms with Gasteiger partial charge in [-0.1, -0.05) is 0 Å².